The minimum absolute atomic E-state index is 0.0585. The van der Waals surface area contributed by atoms with E-state index >= 15 is 0 Å². The molecule has 72 valence electrons. The van der Waals surface area contributed by atoms with Crippen LogP contribution in [-0.4, -0.2) is 4.98 Å². The molecule has 2 aromatic rings. The lowest BCUT2D eigenvalue weighted by Gasteiger charge is -2.03. The van der Waals surface area contributed by atoms with Gasteiger partial charge in [0.15, 0.2) is 0 Å². The molecule has 2 rings (SSSR count). The Morgan fingerprint density at radius 3 is 2.71 bits per heavy atom. The second-order valence-electron chi connectivity index (χ2n) is 2.70. The average molecular weight is 342 g/mol. The van der Waals surface area contributed by atoms with Crippen LogP contribution >= 0.6 is 45.8 Å². The lowest BCUT2D eigenvalue weighted by atomic mass is 10.2. The van der Waals surface area contributed by atoms with Crippen LogP contribution in [0.4, 0.5) is 4.39 Å². The molecule has 14 heavy (non-hydrogen) atoms. The van der Waals surface area contributed by atoms with Crippen molar-refractivity contribution in [1.82, 2.24) is 4.98 Å². The Hall–Kier alpha value is -0.130. The lowest BCUT2D eigenvalue weighted by molar-refractivity contribution is 0.630. The maximum Gasteiger partial charge on any atom is 0.143 e. The molecule has 1 aromatic carbocycles. The molecule has 0 aliphatic heterocycles. The Labute approximate surface area is 103 Å². The number of fused-ring (bicyclic) bond motifs is 1. The van der Waals surface area contributed by atoms with Gasteiger partial charge >= 0.3 is 0 Å². The van der Waals surface area contributed by atoms with Crippen LogP contribution in [-0.2, 0) is 0 Å². The summed E-state index contributed by atoms with van der Waals surface area (Å²) in [6.07, 6.45) is 1.60. The van der Waals surface area contributed by atoms with Gasteiger partial charge < -0.3 is 0 Å². The van der Waals surface area contributed by atoms with Crippen molar-refractivity contribution >= 4 is 56.7 Å². The first kappa shape index (κ1) is 10.4. The van der Waals surface area contributed by atoms with Gasteiger partial charge in [0.25, 0.3) is 0 Å². The predicted molar refractivity (Wildman–Crippen MR) is 64.4 cm³/mol. The monoisotopic (exact) mass is 341 g/mol. The van der Waals surface area contributed by atoms with Crippen molar-refractivity contribution in [2.45, 2.75) is 0 Å². The van der Waals surface area contributed by atoms with Crippen LogP contribution in [0, 0.1) is 9.39 Å². The highest BCUT2D eigenvalue weighted by molar-refractivity contribution is 14.1. The minimum Gasteiger partial charge on any atom is -0.255 e. The van der Waals surface area contributed by atoms with Gasteiger partial charge in [-0.25, -0.2) is 4.39 Å². The number of hydrogen-bond acceptors (Lipinski definition) is 1. The molecule has 5 heteroatoms. The summed E-state index contributed by atoms with van der Waals surface area (Å²) in [6, 6.07) is 2.77. The number of nitrogens with zero attached hydrogens (tertiary/aromatic N) is 1. The fourth-order valence-corrected chi connectivity index (χ4v) is 1.92. The smallest absolute Gasteiger partial charge is 0.143 e. The molecule has 1 heterocycles. The van der Waals surface area contributed by atoms with Crippen LogP contribution in [0.15, 0.2) is 18.3 Å². The fourth-order valence-electron chi connectivity index (χ4n) is 1.13. The van der Waals surface area contributed by atoms with Crippen LogP contribution in [0.3, 0.4) is 0 Å². The molecule has 1 aromatic heterocycles. The molecule has 0 N–H and O–H groups in total. The molecule has 0 radical (unpaired) electrons. The van der Waals surface area contributed by atoms with E-state index in [2.05, 4.69) is 27.6 Å². The average Bonchev–Trinajstić information content (AvgIpc) is 2.15. The topological polar surface area (TPSA) is 12.9 Å². The molecule has 0 saturated heterocycles. The lowest BCUT2D eigenvalue weighted by Crippen LogP contribution is -1.86. The van der Waals surface area contributed by atoms with E-state index in [1.807, 2.05) is 0 Å². The number of benzene rings is 1. The van der Waals surface area contributed by atoms with Gasteiger partial charge in [-0.1, -0.05) is 23.2 Å². The van der Waals surface area contributed by atoms with Crippen LogP contribution in [0.5, 0.6) is 0 Å². The summed E-state index contributed by atoms with van der Waals surface area (Å²) in [5.74, 6) is -0.482. The molecule has 0 spiro atoms. The van der Waals surface area contributed by atoms with E-state index in [0.29, 0.717) is 15.9 Å². The van der Waals surface area contributed by atoms with E-state index < -0.39 is 5.82 Å². The summed E-state index contributed by atoms with van der Waals surface area (Å²) in [5.41, 5.74) is 0.511. The first-order valence-electron chi connectivity index (χ1n) is 3.68. The Morgan fingerprint density at radius 1 is 1.29 bits per heavy atom. The summed E-state index contributed by atoms with van der Waals surface area (Å²) in [7, 11) is 0. The summed E-state index contributed by atoms with van der Waals surface area (Å²) < 4.78 is 13.9. The fraction of sp³-hybridized carbons (Fsp3) is 0. The summed E-state index contributed by atoms with van der Waals surface area (Å²) in [5, 5.41) is 1.28. The number of pyridine rings is 1. The first-order valence-corrected chi connectivity index (χ1v) is 5.52. The van der Waals surface area contributed by atoms with Crippen molar-refractivity contribution < 1.29 is 4.39 Å². The van der Waals surface area contributed by atoms with Gasteiger partial charge in [0.2, 0.25) is 0 Å². The van der Waals surface area contributed by atoms with E-state index in [9.17, 15) is 4.39 Å². The molecule has 0 unspecified atom stereocenters. The van der Waals surface area contributed by atoms with Crippen molar-refractivity contribution in [3.05, 3.63) is 37.8 Å². The highest BCUT2D eigenvalue weighted by Crippen LogP contribution is 2.30. The third-order valence-electron chi connectivity index (χ3n) is 1.80. The second kappa shape index (κ2) is 3.79. The van der Waals surface area contributed by atoms with Crippen LogP contribution < -0.4 is 0 Å². The summed E-state index contributed by atoms with van der Waals surface area (Å²) >= 11 is 13.7. The third-order valence-corrected chi connectivity index (χ3v) is 3.64. The quantitative estimate of drug-likeness (QED) is 0.651. The summed E-state index contributed by atoms with van der Waals surface area (Å²) in [4.78, 5) is 4.05. The first-order chi connectivity index (χ1) is 6.59. The maximum atomic E-state index is 13.1. The molecular formula is C9H3Cl2FIN. The Morgan fingerprint density at radius 2 is 2.00 bits per heavy atom. The van der Waals surface area contributed by atoms with E-state index in [1.165, 1.54) is 12.1 Å². The number of hydrogen-bond donors (Lipinski definition) is 0. The van der Waals surface area contributed by atoms with Gasteiger partial charge in [0, 0.05) is 17.6 Å². The van der Waals surface area contributed by atoms with Gasteiger partial charge in [-0.3, -0.25) is 4.98 Å². The standard InChI is InChI=1S/C9H3Cl2FIN/c10-5-1-4-8(2-6(5)12)14-3-7(13)9(4)11/h1-3H. The molecule has 0 saturated carbocycles. The number of aromatic nitrogens is 1. The molecule has 0 atom stereocenters. The van der Waals surface area contributed by atoms with E-state index in [-0.39, 0.29) is 5.02 Å². The largest absolute Gasteiger partial charge is 0.255 e. The highest BCUT2D eigenvalue weighted by Gasteiger charge is 2.08. The van der Waals surface area contributed by atoms with Crippen molar-refractivity contribution in [2.75, 3.05) is 0 Å². The van der Waals surface area contributed by atoms with Gasteiger partial charge in [0.05, 0.1) is 19.1 Å². The highest BCUT2D eigenvalue weighted by atomic mass is 127. The molecule has 0 aliphatic carbocycles. The van der Waals surface area contributed by atoms with E-state index in [0.717, 1.165) is 3.57 Å². The van der Waals surface area contributed by atoms with Gasteiger partial charge in [0.1, 0.15) is 5.82 Å². The predicted octanol–water partition coefficient (Wildman–Crippen LogP) is 4.29. The zero-order valence-electron chi connectivity index (χ0n) is 6.69. The van der Waals surface area contributed by atoms with Crippen molar-refractivity contribution in [2.24, 2.45) is 0 Å². The Bertz CT molecular complexity index is 516. The van der Waals surface area contributed by atoms with Gasteiger partial charge in [-0.2, -0.15) is 0 Å². The van der Waals surface area contributed by atoms with Crippen molar-refractivity contribution in [3.8, 4) is 0 Å². The van der Waals surface area contributed by atoms with Gasteiger partial charge in [-0.15, -0.1) is 0 Å². The molecule has 1 nitrogen and oxygen atoms in total. The molecule has 0 aliphatic rings. The molecule has 0 bridgehead atoms. The van der Waals surface area contributed by atoms with Crippen molar-refractivity contribution in [1.29, 1.82) is 0 Å². The van der Waals surface area contributed by atoms with Gasteiger partial charge in [-0.05, 0) is 28.7 Å². The maximum absolute atomic E-state index is 13.1. The zero-order valence-corrected chi connectivity index (χ0v) is 10.4. The SMILES string of the molecule is Fc1cc2ncc(I)c(Cl)c2cc1Cl. The second-order valence-corrected chi connectivity index (χ2v) is 4.65. The normalized spacial score (nSPS) is 10.9. The molecular weight excluding hydrogens is 339 g/mol. The summed E-state index contributed by atoms with van der Waals surface area (Å²) in [6.45, 7) is 0. The van der Waals surface area contributed by atoms with Crippen molar-refractivity contribution in [3.63, 3.8) is 0 Å². The number of rotatable bonds is 0. The van der Waals surface area contributed by atoms with Crippen LogP contribution in [0.1, 0.15) is 0 Å². The third kappa shape index (κ3) is 1.68. The minimum atomic E-state index is -0.482. The Kier molecular flexibility index (Phi) is 2.81. The number of halogens is 4. The van der Waals surface area contributed by atoms with E-state index in [4.69, 9.17) is 23.2 Å². The van der Waals surface area contributed by atoms with E-state index in [1.54, 1.807) is 6.20 Å². The Balaban J connectivity index is 2.89. The zero-order chi connectivity index (χ0) is 10.3. The molecule has 0 amide bonds. The van der Waals surface area contributed by atoms with Crippen LogP contribution in [0.2, 0.25) is 10.0 Å². The molecule has 0 fully saturated rings. The van der Waals surface area contributed by atoms with Crippen LogP contribution in [0.25, 0.3) is 10.9 Å².